The number of nitrogens with one attached hydrogen (secondary N) is 1. The lowest BCUT2D eigenvalue weighted by Gasteiger charge is -2.33. The molecule has 2 unspecified atom stereocenters. The van der Waals surface area contributed by atoms with Gasteiger partial charge in [0.2, 0.25) is 0 Å². The highest BCUT2D eigenvalue weighted by atomic mass is 16.3. The smallest absolute Gasteiger partial charge is 0.271 e. The maximum Gasteiger partial charge on any atom is 0.271 e. The molecule has 2 atom stereocenters. The van der Waals surface area contributed by atoms with Crippen molar-refractivity contribution in [3.05, 3.63) is 53.6 Å². The summed E-state index contributed by atoms with van der Waals surface area (Å²) in [6.45, 7) is 2.02. The molecule has 1 aliphatic carbocycles. The van der Waals surface area contributed by atoms with Gasteiger partial charge in [-0.25, -0.2) is 4.98 Å². The molecule has 1 amide bonds. The Hall–Kier alpha value is -2.58. The third-order valence-corrected chi connectivity index (χ3v) is 4.46. The van der Waals surface area contributed by atoms with E-state index in [-0.39, 0.29) is 11.9 Å². The Morgan fingerprint density at radius 3 is 3.04 bits per heavy atom. The lowest BCUT2D eigenvalue weighted by molar-refractivity contribution is 0.0451. The molecule has 25 heavy (non-hydrogen) atoms. The first kappa shape index (κ1) is 17.2. The molecule has 1 fully saturated rings. The number of aliphatic hydroxyl groups is 1. The molecular weight excluding hydrogens is 314 g/mol. The van der Waals surface area contributed by atoms with Crippen LogP contribution in [-0.2, 0) is 7.05 Å². The van der Waals surface area contributed by atoms with Crippen LogP contribution in [0.15, 0.2) is 36.8 Å². The zero-order chi connectivity index (χ0) is 17.9. The van der Waals surface area contributed by atoms with Gasteiger partial charge in [0.05, 0.1) is 6.33 Å². The SMILES string of the molecule is Cc1cccc(C#CC2(O)CCCC(NC(=O)c3cn(C)cn3)C2)c1. The minimum absolute atomic E-state index is 0.0972. The number of hydrogen-bond acceptors (Lipinski definition) is 3. The third kappa shape index (κ3) is 4.49. The van der Waals surface area contributed by atoms with E-state index in [4.69, 9.17) is 0 Å². The molecule has 2 N–H and O–H groups in total. The second kappa shape index (κ2) is 7.12. The molecule has 1 aromatic carbocycles. The zero-order valence-corrected chi connectivity index (χ0v) is 14.6. The molecule has 130 valence electrons. The molecule has 5 nitrogen and oxygen atoms in total. The van der Waals surface area contributed by atoms with Crippen LogP contribution in [0, 0.1) is 18.8 Å². The molecule has 0 aliphatic heterocycles. The third-order valence-electron chi connectivity index (χ3n) is 4.46. The number of carbonyl (C=O) groups is 1. The molecule has 1 aromatic heterocycles. The second-order valence-electron chi connectivity index (χ2n) is 6.84. The molecule has 0 radical (unpaired) electrons. The number of nitrogens with zero attached hydrogens (tertiary/aromatic N) is 2. The van der Waals surface area contributed by atoms with Crippen molar-refractivity contribution in [2.24, 2.45) is 7.05 Å². The topological polar surface area (TPSA) is 67.2 Å². The predicted molar refractivity (Wildman–Crippen MR) is 95.9 cm³/mol. The molecule has 1 saturated carbocycles. The van der Waals surface area contributed by atoms with Crippen molar-refractivity contribution < 1.29 is 9.90 Å². The van der Waals surface area contributed by atoms with Gasteiger partial charge < -0.3 is 15.0 Å². The van der Waals surface area contributed by atoms with E-state index >= 15 is 0 Å². The number of rotatable bonds is 2. The van der Waals surface area contributed by atoms with Crippen LogP contribution in [0.25, 0.3) is 0 Å². The maximum absolute atomic E-state index is 12.2. The van der Waals surface area contributed by atoms with Crippen LogP contribution in [-0.4, -0.2) is 32.2 Å². The molecule has 0 saturated heterocycles. The van der Waals surface area contributed by atoms with Gasteiger partial charge in [-0.3, -0.25) is 4.79 Å². The molecular formula is C20H23N3O2. The highest BCUT2D eigenvalue weighted by Gasteiger charge is 2.33. The summed E-state index contributed by atoms with van der Waals surface area (Å²) in [4.78, 5) is 16.3. The summed E-state index contributed by atoms with van der Waals surface area (Å²) < 4.78 is 1.74. The summed E-state index contributed by atoms with van der Waals surface area (Å²) in [5.74, 6) is 5.89. The van der Waals surface area contributed by atoms with Crippen molar-refractivity contribution in [1.82, 2.24) is 14.9 Å². The highest BCUT2D eigenvalue weighted by molar-refractivity contribution is 5.92. The Morgan fingerprint density at radius 1 is 1.48 bits per heavy atom. The lowest BCUT2D eigenvalue weighted by Crippen LogP contribution is -2.45. The average molecular weight is 337 g/mol. The van der Waals surface area contributed by atoms with E-state index in [0.29, 0.717) is 18.5 Å². The van der Waals surface area contributed by atoms with Crippen LogP contribution >= 0.6 is 0 Å². The summed E-state index contributed by atoms with van der Waals surface area (Å²) in [5, 5.41) is 13.8. The molecule has 1 heterocycles. The fourth-order valence-corrected chi connectivity index (χ4v) is 3.19. The van der Waals surface area contributed by atoms with Crippen LogP contribution in [0.4, 0.5) is 0 Å². The number of aromatic nitrogens is 2. The van der Waals surface area contributed by atoms with Crippen LogP contribution < -0.4 is 5.32 Å². The van der Waals surface area contributed by atoms with Crippen molar-refractivity contribution in [2.45, 2.75) is 44.2 Å². The fourth-order valence-electron chi connectivity index (χ4n) is 3.19. The zero-order valence-electron chi connectivity index (χ0n) is 14.6. The number of imidazole rings is 1. The monoisotopic (exact) mass is 337 g/mol. The Kier molecular flexibility index (Phi) is 4.91. The number of carbonyl (C=O) groups excluding carboxylic acids is 1. The number of benzene rings is 1. The summed E-state index contributed by atoms with van der Waals surface area (Å²) in [7, 11) is 1.82. The molecule has 2 aromatic rings. The maximum atomic E-state index is 12.2. The number of amides is 1. The largest absolute Gasteiger partial charge is 0.378 e. The van der Waals surface area contributed by atoms with Crippen molar-refractivity contribution in [3.63, 3.8) is 0 Å². The van der Waals surface area contributed by atoms with Crippen molar-refractivity contribution in [1.29, 1.82) is 0 Å². The second-order valence-corrected chi connectivity index (χ2v) is 6.84. The van der Waals surface area contributed by atoms with E-state index in [9.17, 15) is 9.90 Å². The molecule has 0 bridgehead atoms. The van der Waals surface area contributed by atoms with Gasteiger partial charge in [-0.1, -0.05) is 24.0 Å². The van der Waals surface area contributed by atoms with Gasteiger partial charge in [0.15, 0.2) is 0 Å². The predicted octanol–water partition coefficient (Wildman–Crippen LogP) is 2.18. The Bertz CT molecular complexity index is 831. The molecule has 3 rings (SSSR count). The van der Waals surface area contributed by atoms with Gasteiger partial charge in [-0.2, -0.15) is 0 Å². The molecule has 0 spiro atoms. The number of hydrogen-bond donors (Lipinski definition) is 2. The Balaban J connectivity index is 1.67. The quantitative estimate of drug-likeness (QED) is 0.826. The van der Waals surface area contributed by atoms with Crippen LogP contribution in [0.1, 0.15) is 47.3 Å². The van der Waals surface area contributed by atoms with Crippen molar-refractivity contribution in [2.75, 3.05) is 0 Å². The Morgan fingerprint density at radius 2 is 2.32 bits per heavy atom. The van der Waals surface area contributed by atoms with E-state index in [1.165, 1.54) is 0 Å². The van der Waals surface area contributed by atoms with Crippen molar-refractivity contribution >= 4 is 5.91 Å². The van der Waals surface area contributed by atoms with E-state index in [1.807, 2.05) is 38.2 Å². The number of aryl methyl sites for hydroxylation is 2. The van der Waals surface area contributed by atoms with E-state index < -0.39 is 5.60 Å². The minimum atomic E-state index is -1.07. The average Bonchev–Trinajstić information content (AvgIpc) is 3.00. The highest BCUT2D eigenvalue weighted by Crippen LogP contribution is 2.28. The van der Waals surface area contributed by atoms with Crippen LogP contribution in [0.5, 0.6) is 0 Å². The van der Waals surface area contributed by atoms with Gasteiger partial charge in [-0.05, 0) is 43.9 Å². The van der Waals surface area contributed by atoms with Crippen LogP contribution in [0.3, 0.4) is 0 Å². The molecule has 1 aliphatic rings. The molecule has 5 heteroatoms. The summed E-state index contributed by atoms with van der Waals surface area (Å²) in [6.07, 6.45) is 6.01. The first-order valence-electron chi connectivity index (χ1n) is 8.55. The fraction of sp³-hybridized carbons (Fsp3) is 0.400. The van der Waals surface area contributed by atoms with Gasteiger partial charge >= 0.3 is 0 Å². The summed E-state index contributed by atoms with van der Waals surface area (Å²) in [5.41, 5.74) is 1.36. The first-order chi connectivity index (χ1) is 11.9. The van der Waals surface area contributed by atoms with Crippen LogP contribution in [0.2, 0.25) is 0 Å². The van der Waals surface area contributed by atoms with Gasteiger partial charge in [-0.15, -0.1) is 0 Å². The van der Waals surface area contributed by atoms with E-state index in [2.05, 4.69) is 22.1 Å². The normalized spacial score (nSPS) is 22.8. The Labute approximate surface area is 148 Å². The summed E-state index contributed by atoms with van der Waals surface area (Å²) >= 11 is 0. The first-order valence-corrected chi connectivity index (χ1v) is 8.55. The van der Waals surface area contributed by atoms with E-state index in [1.54, 1.807) is 17.1 Å². The van der Waals surface area contributed by atoms with Gasteiger partial charge in [0, 0.05) is 31.3 Å². The van der Waals surface area contributed by atoms with Gasteiger partial charge in [0.25, 0.3) is 5.91 Å². The van der Waals surface area contributed by atoms with Gasteiger partial charge in [0.1, 0.15) is 11.3 Å². The van der Waals surface area contributed by atoms with Crippen molar-refractivity contribution in [3.8, 4) is 11.8 Å². The summed E-state index contributed by atoms with van der Waals surface area (Å²) in [6, 6.07) is 7.82. The standard InChI is InChI=1S/C20H23N3O2/c1-15-5-3-6-16(11-15)8-10-20(25)9-4-7-17(12-20)22-19(24)18-13-23(2)14-21-18/h3,5-6,11,13-14,17,25H,4,7,9,12H2,1-2H3,(H,22,24). The lowest BCUT2D eigenvalue weighted by atomic mass is 9.82. The minimum Gasteiger partial charge on any atom is -0.378 e. The van der Waals surface area contributed by atoms with E-state index in [0.717, 1.165) is 24.0 Å².